The van der Waals surface area contributed by atoms with E-state index in [9.17, 15) is 5.11 Å². The van der Waals surface area contributed by atoms with Gasteiger partial charge in [-0.15, -0.1) is 0 Å². The molecule has 1 aromatic rings. The second-order valence-corrected chi connectivity index (χ2v) is 3.00. The molecule has 0 aliphatic heterocycles. The van der Waals surface area contributed by atoms with Gasteiger partial charge in [0.2, 0.25) is 0 Å². The molecular weight excluding hydrogens is 166 g/mol. The van der Waals surface area contributed by atoms with Crippen LogP contribution in [0.2, 0.25) is 0 Å². The summed E-state index contributed by atoms with van der Waals surface area (Å²) in [4.78, 5) is 0. The van der Waals surface area contributed by atoms with Gasteiger partial charge in [-0.25, -0.2) is 0 Å². The van der Waals surface area contributed by atoms with Gasteiger partial charge in [-0.05, 0) is 13.1 Å². The summed E-state index contributed by atoms with van der Waals surface area (Å²) in [5.74, 6) is 0.211. The number of hydrogen-bond acceptors (Lipinski definition) is 3. The molecule has 1 aromatic carbocycles. The maximum atomic E-state index is 9.50. The monoisotopic (exact) mass is 181 g/mol. The first-order valence-corrected chi connectivity index (χ1v) is 4.33. The van der Waals surface area contributed by atoms with E-state index in [1.165, 1.54) is 0 Å². The molecule has 0 aliphatic rings. The summed E-state index contributed by atoms with van der Waals surface area (Å²) in [5, 5.41) is 21.6. The lowest BCUT2D eigenvalue weighted by Gasteiger charge is -2.14. The molecule has 0 radical (unpaired) electrons. The van der Waals surface area contributed by atoms with E-state index in [1.807, 2.05) is 19.2 Å². The summed E-state index contributed by atoms with van der Waals surface area (Å²) in [6, 6.07) is 7.08. The molecule has 0 bridgehead atoms. The summed E-state index contributed by atoms with van der Waals surface area (Å²) < 4.78 is 0. The van der Waals surface area contributed by atoms with Crippen molar-refractivity contribution in [2.75, 3.05) is 20.2 Å². The van der Waals surface area contributed by atoms with Gasteiger partial charge in [0.05, 0.1) is 6.61 Å². The van der Waals surface area contributed by atoms with Crippen molar-refractivity contribution in [3.63, 3.8) is 0 Å². The Morgan fingerprint density at radius 2 is 2.08 bits per heavy atom. The van der Waals surface area contributed by atoms with Gasteiger partial charge in [0.15, 0.2) is 0 Å². The van der Waals surface area contributed by atoms with Gasteiger partial charge >= 0.3 is 0 Å². The van der Waals surface area contributed by atoms with E-state index in [0.29, 0.717) is 6.54 Å². The Bertz CT molecular complexity index is 263. The summed E-state index contributed by atoms with van der Waals surface area (Å²) in [7, 11) is 1.82. The molecule has 0 fully saturated rings. The Labute approximate surface area is 78.0 Å². The van der Waals surface area contributed by atoms with Crippen LogP contribution in [-0.2, 0) is 0 Å². The molecule has 0 spiro atoms. The van der Waals surface area contributed by atoms with Crippen LogP contribution in [0, 0.1) is 0 Å². The van der Waals surface area contributed by atoms with E-state index in [1.54, 1.807) is 12.1 Å². The normalized spacial score (nSPS) is 12.8. The molecule has 0 saturated heterocycles. The van der Waals surface area contributed by atoms with Gasteiger partial charge in [-0.2, -0.15) is 0 Å². The second-order valence-electron chi connectivity index (χ2n) is 3.00. The van der Waals surface area contributed by atoms with Crippen LogP contribution >= 0.6 is 0 Å². The van der Waals surface area contributed by atoms with Crippen LogP contribution in [0.25, 0.3) is 0 Å². The summed E-state index contributed by atoms with van der Waals surface area (Å²) in [6.07, 6.45) is 0. The van der Waals surface area contributed by atoms with Crippen LogP contribution in [0.3, 0.4) is 0 Å². The zero-order chi connectivity index (χ0) is 9.68. The van der Waals surface area contributed by atoms with Gasteiger partial charge in [-0.3, -0.25) is 0 Å². The van der Waals surface area contributed by atoms with Crippen LogP contribution in [-0.4, -0.2) is 30.4 Å². The molecule has 1 unspecified atom stereocenters. The number of phenols is 1. The third kappa shape index (κ3) is 2.44. The summed E-state index contributed by atoms with van der Waals surface area (Å²) in [6.45, 7) is 0.701. The minimum absolute atomic E-state index is 0.0359. The average Bonchev–Trinajstić information content (AvgIpc) is 2.16. The Balaban J connectivity index is 2.84. The van der Waals surface area contributed by atoms with E-state index in [4.69, 9.17) is 5.11 Å². The number of rotatable bonds is 4. The van der Waals surface area contributed by atoms with Gasteiger partial charge in [0.1, 0.15) is 5.75 Å². The molecule has 0 heterocycles. The van der Waals surface area contributed by atoms with Crippen molar-refractivity contribution < 1.29 is 10.2 Å². The zero-order valence-electron chi connectivity index (χ0n) is 7.70. The Morgan fingerprint density at radius 3 is 2.62 bits per heavy atom. The van der Waals surface area contributed by atoms with Crippen molar-refractivity contribution in [1.82, 2.24) is 5.32 Å². The Kier molecular flexibility index (Phi) is 3.73. The van der Waals surface area contributed by atoms with E-state index in [0.717, 1.165) is 5.56 Å². The number of aromatic hydroxyl groups is 1. The Morgan fingerprint density at radius 1 is 1.38 bits per heavy atom. The van der Waals surface area contributed by atoms with Crippen LogP contribution in [0.1, 0.15) is 11.5 Å². The smallest absolute Gasteiger partial charge is 0.119 e. The van der Waals surface area contributed by atoms with Gasteiger partial charge in [0, 0.05) is 18.0 Å². The minimum Gasteiger partial charge on any atom is -0.508 e. The number of para-hydroxylation sites is 1. The molecule has 1 rings (SSSR count). The molecule has 0 aromatic heterocycles. The quantitative estimate of drug-likeness (QED) is 0.640. The van der Waals surface area contributed by atoms with E-state index < -0.39 is 0 Å². The number of aliphatic hydroxyl groups is 1. The SMILES string of the molecule is CNCC(CO)c1ccccc1O. The number of phenolic OH excluding ortho intramolecular Hbond substituents is 1. The first kappa shape index (κ1) is 10.0. The topological polar surface area (TPSA) is 52.5 Å². The molecule has 1 atom stereocenters. The van der Waals surface area contributed by atoms with Crippen molar-refractivity contribution in [1.29, 1.82) is 0 Å². The maximum Gasteiger partial charge on any atom is 0.119 e. The molecule has 0 aliphatic carbocycles. The maximum absolute atomic E-state index is 9.50. The van der Waals surface area contributed by atoms with E-state index >= 15 is 0 Å². The number of benzene rings is 1. The lowest BCUT2D eigenvalue weighted by molar-refractivity contribution is 0.260. The van der Waals surface area contributed by atoms with Crippen molar-refractivity contribution in [3.8, 4) is 5.75 Å². The highest BCUT2D eigenvalue weighted by Gasteiger charge is 2.12. The fourth-order valence-corrected chi connectivity index (χ4v) is 1.35. The molecule has 3 heteroatoms. The fourth-order valence-electron chi connectivity index (χ4n) is 1.35. The zero-order valence-corrected chi connectivity index (χ0v) is 7.70. The minimum atomic E-state index is -0.0359. The molecular formula is C10H15NO2. The highest BCUT2D eigenvalue weighted by molar-refractivity contribution is 5.35. The van der Waals surface area contributed by atoms with Gasteiger partial charge < -0.3 is 15.5 Å². The third-order valence-electron chi connectivity index (χ3n) is 2.05. The first-order chi connectivity index (χ1) is 6.29. The number of nitrogens with one attached hydrogen (secondary N) is 1. The predicted molar refractivity (Wildman–Crippen MR) is 51.9 cm³/mol. The average molecular weight is 181 g/mol. The first-order valence-electron chi connectivity index (χ1n) is 4.33. The van der Waals surface area contributed by atoms with Crippen molar-refractivity contribution >= 4 is 0 Å². The molecule has 3 nitrogen and oxygen atoms in total. The summed E-state index contributed by atoms with van der Waals surface area (Å²) in [5.41, 5.74) is 0.791. The largest absolute Gasteiger partial charge is 0.508 e. The predicted octanol–water partition coefficient (Wildman–Crippen LogP) is 0.687. The van der Waals surface area contributed by atoms with Crippen molar-refractivity contribution in [2.45, 2.75) is 5.92 Å². The van der Waals surface area contributed by atoms with Gasteiger partial charge in [0.25, 0.3) is 0 Å². The molecule has 13 heavy (non-hydrogen) atoms. The van der Waals surface area contributed by atoms with Crippen molar-refractivity contribution in [2.24, 2.45) is 0 Å². The summed E-state index contributed by atoms with van der Waals surface area (Å²) >= 11 is 0. The third-order valence-corrected chi connectivity index (χ3v) is 2.05. The standard InChI is InChI=1S/C10H15NO2/c1-11-6-8(7-12)9-4-2-3-5-10(9)13/h2-5,8,11-13H,6-7H2,1H3. The lowest BCUT2D eigenvalue weighted by Crippen LogP contribution is -2.20. The van der Waals surface area contributed by atoms with Crippen LogP contribution in [0.15, 0.2) is 24.3 Å². The molecule has 72 valence electrons. The molecule has 3 N–H and O–H groups in total. The fraction of sp³-hybridized carbons (Fsp3) is 0.400. The highest BCUT2D eigenvalue weighted by atomic mass is 16.3. The number of aliphatic hydroxyl groups excluding tert-OH is 1. The van der Waals surface area contributed by atoms with Crippen LogP contribution in [0.4, 0.5) is 0 Å². The van der Waals surface area contributed by atoms with Gasteiger partial charge in [-0.1, -0.05) is 18.2 Å². The van der Waals surface area contributed by atoms with Crippen molar-refractivity contribution in [3.05, 3.63) is 29.8 Å². The van der Waals surface area contributed by atoms with Crippen LogP contribution < -0.4 is 5.32 Å². The molecule has 0 amide bonds. The van der Waals surface area contributed by atoms with Crippen LogP contribution in [0.5, 0.6) is 5.75 Å². The number of likely N-dealkylation sites (N-methyl/N-ethyl adjacent to an activating group) is 1. The number of hydrogen-bond donors (Lipinski definition) is 3. The van der Waals surface area contributed by atoms with E-state index in [-0.39, 0.29) is 18.3 Å². The highest BCUT2D eigenvalue weighted by Crippen LogP contribution is 2.24. The Hall–Kier alpha value is -1.06. The second kappa shape index (κ2) is 4.84. The molecule has 0 saturated carbocycles. The van der Waals surface area contributed by atoms with E-state index in [2.05, 4.69) is 5.32 Å². The lowest BCUT2D eigenvalue weighted by atomic mass is 9.99.